The van der Waals surface area contributed by atoms with E-state index in [1.54, 1.807) is 11.8 Å². The molecule has 2 atom stereocenters. The molecule has 2 unspecified atom stereocenters. The van der Waals surface area contributed by atoms with Gasteiger partial charge in [0.1, 0.15) is 5.82 Å². The van der Waals surface area contributed by atoms with Crippen molar-refractivity contribution >= 4 is 27.5 Å². The first-order chi connectivity index (χ1) is 9.85. The maximum Gasteiger partial charge on any atom is 0.241 e. The summed E-state index contributed by atoms with van der Waals surface area (Å²) in [5, 5.41) is 0.289. The lowest BCUT2D eigenvalue weighted by atomic mass is 10.2. The van der Waals surface area contributed by atoms with Crippen molar-refractivity contribution in [2.75, 3.05) is 11.5 Å². The van der Waals surface area contributed by atoms with Gasteiger partial charge in [-0.15, -0.1) is 0 Å². The molecule has 0 aliphatic heterocycles. The SMILES string of the molecule is CCSC1CCCC1NS(=O)(=O)c1cc(N)c(C)c(F)c1. The van der Waals surface area contributed by atoms with Crippen LogP contribution in [0, 0.1) is 12.7 Å². The fraction of sp³-hybridized carbons (Fsp3) is 0.571. The molecule has 0 amide bonds. The average molecular weight is 332 g/mol. The van der Waals surface area contributed by atoms with E-state index in [4.69, 9.17) is 5.73 Å². The third kappa shape index (κ3) is 3.70. The minimum Gasteiger partial charge on any atom is -0.398 e. The molecule has 1 aliphatic rings. The van der Waals surface area contributed by atoms with Crippen molar-refractivity contribution < 1.29 is 12.8 Å². The summed E-state index contributed by atoms with van der Waals surface area (Å²) in [4.78, 5) is -0.102. The van der Waals surface area contributed by atoms with Crippen LogP contribution >= 0.6 is 11.8 Å². The van der Waals surface area contributed by atoms with Gasteiger partial charge in [-0.2, -0.15) is 11.8 Å². The van der Waals surface area contributed by atoms with Crippen molar-refractivity contribution in [3.05, 3.63) is 23.5 Å². The zero-order valence-corrected chi connectivity index (χ0v) is 13.9. The van der Waals surface area contributed by atoms with Crippen LogP contribution in [0.1, 0.15) is 31.7 Å². The number of benzene rings is 1. The van der Waals surface area contributed by atoms with E-state index in [2.05, 4.69) is 11.6 Å². The first-order valence-corrected chi connectivity index (χ1v) is 9.58. The molecule has 21 heavy (non-hydrogen) atoms. The molecule has 1 aromatic carbocycles. The van der Waals surface area contributed by atoms with Crippen LogP contribution < -0.4 is 10.5 Å². The van der Waals surface area contributed by atoms with Crippen molar-refractivity contribution in [2.45, 2.75) is 49.3 Å². The van der Waals surface area contributed by atoms with Crippen molar-refractivity contribution in [3.8, 4) is 0 Å². The zero-order valence-electron chi connectivity index (χ0n) is 12.2. The molecule has 0 bridgehead atoms. The number of rotatable bonds is 5. The average Bonchev–Trinajstić information content (AvgIpc) is 2.82. The standard InChI is InChI=1S/C14H21FN2O2S2/c1-3-20-14-6-4-5-13(14)17-21(18,19)10-7-11(15)9(2)12(16)8-10/h7-8,13-14,17H,3-6,16H2,1-2H3. The summed E-state index contributed by atoms with van der Waals surface area (Å²) in [5.41, 5.74) is 6.09. The van der Waals surface area contributed by atoms with Gasteiger partial charge < -0.3 is 5.73 Å². The third-order valence-corrected chi connectivity index (χ3v) is 6.60. The molecule has 0 spiro atoms. The first kappa shape index (κ1) is 16.6. The minimum absolute atomic E-state index is 0.0921. The number of nitrogens with one attached hydrogen (secondary N) is 1. The summed E-state index contributed by atoms with van der Waals surface area (Å²) in [6, 6.07) is 2.26. The number of sulfonamides is 1. The molecule has 1 fully saturated rings. The summed E-state index contributed by atoms with van der Waals surface area (Å²) >= 11 is 1.77. The Bertz CT molecular complexity index is 596. The molecule has 0 saturated heterocycles. The van der Waals surface area contributed by atoms with Crippen molar-refractivity contribution in [1.82, 2.24) is 4.72 Å². The second-order valence-electron chi connectivity index (χ2n) is 5.27. The Morgan fingerprint density at radius 2 is 2.14 bits per heavy atom. The van der Waals surface area contributed by atoms with Crippen LogP contribution in [0.25, 0.3) is 0 Å². The van der Waals surface area contributed by atoms with Crippen molar-refractivity contribution in [1.29, 1.82) is 0 Å². The van der Waals surface area contributed by atoms with Crippen LogP contribution in [-0.2, 0) is 10.0 Å². The van der Waals surface area contributed by atoms with Gasteiger partial charge in [0.2, 0.25) is 10.0 Å². The predicted octanol–water partition coefficient (Wildman–Crippen LogP) is 2.67. The normalized spacial score (nSPS) is 22.6. The van der Waals surface area contributed by atoms with E-state index in [0.717, 1.165) is 31.1 Å². The Balaban J connectivity index is 2.22. The van der Waals surface area contributed by atoms with Gasteiger partial charge in [0.15, 0.2) is 0 Å². The molecule has 2 rings (SSSR count). The summed E-state index contributed by atoms with van der Waals surface area (Å²) in [6.07, 6.45) is 2.84. The fourth-order valence-electron chi connectivity index (χ4n) is 2.57. The van der Waals surface area contributed by atoms with Crippen LogP contribution in [0.15, 0.2) is 17.0 Å². The number of hydrogen-bond donors (Lipinski definition) is 2. The minimum atomic E-state index is -3.74. The highest BCUT2D eigenvalue weighted by Crippen LogP contribution is 2.31. The Morgan fingerprint density at radius 1 is 1.43 bits per heavy atom. The van der Waals surface area contributed by atoms with E-state index in [-0.39, 0.29) is 27.4 Å². The van der Waals surface area contributed by atoms with Gasteiger partial charge in [-0.3, -0.25) is 0 Å². The second-order valence-corrected chi connectivity index (χ2v) is 8.50. The third-order valence-electron chi connectivity index (χ3n) is 3.81. The molecule has 1 saturated carbocycles. The van der Waals surface area contributed by atoms with E-state index < -0.39 is 15.8 Å². The smallest absolute Gasteiger partial charge is 0.241 e. The van der Waals surface area contributed by atoms with Crippen LogP contribution in [0.3, 0.4) is 0 Å². The van der Waals surface area contributed by atoms with Gasteiger partial charge in [-0.1, -0.05) is 13.3 Å². The number of anilines is 1. The topological polar surface area (TPSA) is 72.2 Å². The molecule has 118 valence electrons. The summed E-state index contributed by atoms with van der Waals surface area (Å²) in [5.74, 6) is 0.357. The largest absolute Gasteiger partial charge is 0.398 e. The fourth-order valence-corrected chi connectivity index (χ4v) is 5.21. The number of nitrogen functional groups attached to an aromatic ring is 1. The van der Waals surface area contributed by atoms with Crippen LogP contribution in [0.5, 0.6) is 0 Å². The lowest BCUT2D eigenvalue weighted by Gasteiger charge is -2.20. The van der Waals surface area contributed by atoms with E-state index in [1.807, 2.05) is 0 Å². The van der Waals surface area contributed by atoms with E-state index in [9.17, 15) is 12.8 Å². The molecular formula is C14H21FN2O2S2. The highest BCUT2D eigenvalue weighted by atomic mass is 32.2. The molecule has 0 radical (unpaired) electrons. The van der Waals surface area contributed by atoms with Gasteiger partial charge in [0.05, 0.1) is 4.90 Å². The molecule has 1 aromatic rings. The predicted molar refractivity (Wildman–Crippen MR) is 85.4 cm³/mol. The van der Waals surface area contributed by atoms with Crippen molar-refractivity contribution in [2.24, 2.45) is 0 Å². The molecule has 4 nitrogen and oxygen atoms in total. The number of hydrogen-bond acceptors (Lipinski definition) is 4. The summed E-state index contributed by atoms with van der Waals surface area (Å²) in [7, 11) is -3.74. The Labute approximate surface area is 129 Å². The lowest BCUT2D eigenvalue weighted by Crippen LogP contribution is -2.38. The van der Waals surface area contributed by atoms with Crippen LogP contribution in [0.2, 0.25) is 0 Å². The number of halogens is 1. The van der Waals surface area contributed by atoms with Gasteiger partial charge in [0.25, 0.3) is 0 Å². The van der Waals surface area contributed by atoms with E-state index in [0.29, 0.717) is 0 Å². The Kier molecular flexibility index (Phi) is 5.16. The molecular weight excluding hydrogens is 311 g/mol. The summed E-state index contributed by atoms with van der Waals surface area (Å²) < 4.78 is 41.2. The maximum absolute atomic E-state index is 13.7. The molecule has 0 heterocycles. The lowest BCUT2D eigenvalue weighted by molar-refractivity contribution is 0.552. The summed E-state index contributed by atoms with van der Waals surface area (Å²) in [6.45, 7) is 3.59. The first-order valence-electron chi connectivity index (χ1n) is 7.04. The monoisotopic (exact) mass is 332 g/mol. The van der Waals surface area contributed by atoms with Crippen LogP contribution in [0.4, 0.5) is 10.1 Å². The van der Waals surface area contributed by atoms with E-state index >= 15 is 0 Å². The second kappa shape index (κ2) is 6.54. The van der Waals surface area contributed by atoms with Crippen LogP contribution in [-0.4, -0.2) is 25.5 Å². The van der Waals surface area contributed by atoms with Gasteiger partial charge in [-0.05, 0) is 37.7 Å². The maximum atomic E-state index is 13.7. The highest BCUT2D eigenvalue weighted by Gasteiger charge is 2.31. The quantitative estimate of drug-likeness (QED) is 0.813. The van der Waals surface area contributed by atoms with Crippen molar-refractivity contribution in [3.63, 3.8) is 0 Å². The highest BCUT2D eigenvalue weighted by molar-refractivity contribution is 8.00. The molecule has 0 aromatic heterocycles. The number of nitrogens with two attached hydrogens (primary N) is 1. The Morgan fingerprint density at radius 3 is 2.76 bits per heavy atom. The van der Waals surface area contributed by atoms with Gasteiger partial charge >= 0.3 is 0 Å². The Hall–Kier alpha value is -0.790. The molecule has 1 aliphatic carbocycles. The molecule has 3 N–H and O–H groups in total. The van der Waals surface area contributed by atoms with Gasteiger partial charge in [-0.25, -0.2) is 17.5 Å². The number of thioether (sulfide) groups is 1. The van der Waals surface area contributed by atoms with E-state index in [1.165, 1.54) is 13.0 Å². The molecule has 7 heteroatoms. The van der Waals surface area contributed by atoms with Gasteiger partial charge in [0, 0.05) is 22.5 Å². The zero-order chi connectivity index (χ0) is 15.6.